The topological polar surface area (TPSA) is 32.3 Å². The maximum absolute atomic E-state index is 12.6. The van der Waals surface area contributed by atoms with Crippen LogP contribution in [0.25, 0.3) is 0 Å². The molecule has 3 nitrogen and oxygen atoms in total. The molecule has 1 aliphatic heterocycles. The molecule has 1 aromatic heterocycles. The van der Waals surface area contributed by atoms with E-state index in [1.165, 1.54) is 28.8 Å². The van der Waals surface area contributed by atoms with Crippen LogP contribution in [0.2, 0.25) is 0 Å². The van der Waals surface area contributed by atoms with Crippen LogP contribution in [-0.4, -0.2) is 23.9 Å². The predicted octanol–water partition coefficient (Wildman–Crippen LogP) is 4.31. The number of carbonyl (C=O) groups is 1. The number of thiophene rings is 1. The zero-order valence-corrected chi connectivity index (χ0v) is 15.2. The van der Waals surface area contributed by atoms with Gasteiger partial charge in [-0.1, -0.05) is 12.1 Å². The Morgan fingerprint density at radius 1 is 1.29 bits per heavy atom. The lowest BCUT2D eigenvalue weighted by Gasteiger charge is -2.35. The minimum Gasteiger partial charge on any atom is -0.325 e. The molecule has 2 aliphatic rings. The highest BCUT2D eigenvalue weighted by atomic mass is 32.1. The molecule has 1 N–H and O–H groups in total. The van der Waals surface area contributed by atoms with Crippen LogP contribution >= 0.6 is 11.3 Å². The van der Waals surface area contributed by atoms with Crippen molar-refractivity contribution in [3.63, 3.8) is 0 Å². The highest BCUT2D eigenvalue weighted by Gasteiger charge is 2.40. The van der Waals surface area contributed by atoms with Crippen molar-refractivity contribution in [3.05, 3.63) is 51.2 Å². The van der Waals surface area contributed by atoms with Gasteiger partial charge in [-0.15, -0.1) is 11.3 Å². The van der Waals surface area contributed by atoms with Crippen LogP contribution in [0.3, 0.4) is 0 Å². The van der Waals surface area contributed by atoms with Crippen LogP contribution in [0, 0.1) is 19.8 Å². The Balaban J connectivity index is 1.48. The molecule has 1 atom stereocenters. The molecule has 4 rings (SSSR count). The molecule has 0 radical (unpaired) electrons. The SMILES string of the molecule is Cc1cccc(NC(=O)CN2CCc3sccc3[C@@H]2C2CC2)c1C. The summed E-state index contributed by atoms with van der Waals surface area (Å²) in [4.78, 5) is 16.6. The molecule has 1 aromatic carbocycles. The molecule has 0 unspecified atom stereocenters. The Hall–Kier alpha value is -1.65. The molecule has 1 amide bonds. The molecule has 1 saturated carbocycles. The molecule has 24 heavy (non-hydrogen) atoms. The van der Waals surface area contributed by atoms with Crippen molar-refractivity contribution >= 4 is 22.9 Å². The predicted molar refractivity (Wildman–Crippen MR) is 99.6 cm³/mol. The zero-order chi connectivity index (χ0) is 16.7. The van der Waals surface area contributed by atoms with Gasteiger partial charge >= 0.3 is 0 Å². The van der Waals surface area contributed by atoms with E-state index in [-0.39, 0.29) is 5.91 Å². The highest BCUT2D eigenvalue weighted by Crippen LogP contribution is 2.48. The lowest BCUT2D eigenvalue weighted by atomic mass is 9.96. The number of benzene rings is 1. The second kappa shape index (κ2) is 6.34. The molecule has 2 aromatic rings. The number of anilines is 1. The summed E-state index contributed by atoms with van der Waals surface area (Å²) in [6.45, 7) is 5.63. The van der Waals surface area contributed by atoms with Crippen LogP contribution in [0.1, 0.15) is 40.5 Å². The number of rotatable bonds is 4. The average molecular weight is 340 g/mol. The van der Waals surface area contributed by atoms with Crippen molar-refractivity contribution < 1.29 is 4.79 Å². The summed E-state index contributed by atoms with van der Waals surface area (Å²) in [6.07, 6.45) is 3.68. The second-order valence-corrected chi connectivity index (χ2v) is 8.10. The number of hydrogen-bond acceptors (Lipinski definition) is 3. The van der Waals surface area contributed by atoms with E-state index >= 15 is 0 Å². The van der Waals surface area contributed by atoms with E-state index in [0.29, 0.717) is 12.6 Å². The van der Waals surface area contributed by atoms with E-state index in [2.05, 4.69) is 41.6 Å². The highest BCUT2D eigenvalue weighted by molar-refractivity contribution is 7.10. The smallest absolute Gasteiger partial charge is 0.238 e. The van der Waals surface area contributed by atoms with E-state index in [1.807, 2.05) is 23.5 Å². The van der Waals surface area contributed by atoms with Gasteiger partial charge in [-0.2, -0.15) is 0 Å². The zero-order valence-electron chi connectivity index (χ0n) is 14.3. The fourth-order valence-corrected chi connectivity index (χ4v) is 4.71. The summed E-state index contributed by atoms with van der Waals surface area (Å²) >= 11 is 1.87. The molecule has 2 heterocycles. The van der Waals surface area contributed by atoms with Crippen LogP contribution < -0.4 is 5.32 Å². The van der Waals surface area contributed by atoms with Crippen LogP contribution in [0.15, 0.2) is 29.6 Å². The molecule has 126 valence electrons. The van der Waals surface area contributed by atoms with Gasteiger partial charge in [0.05, 0.1) is 6.54 Å². The van der Waals surface area contributed by atoms with Crippen molar-refractivity contribution in [2.45, 2.75) is 39.2 Å². The molecule has 1 fully saturated rings. The van der Waals surface area contributed by atoms with Gasteiger partial charge in [-0.25, -0.2) is 0 Å². The van der Waals surface area contributed by atoms with Crippen molar-refractivity contribution in [2.75, 3.05) is 18.4 Å². The Bertz CT molecular complexity index is 763. The van der Waals surface area contributed by atoms with E-state index in [1.54, 1.807) is 0 Å². The first-order valence-corrected chi connectivity index (χ1v) is 9.68. The molecular weight excluding hydrogens is 316 g/mol. The summed E-state index contributed by atoms with van der Waals surface area (Å²) < 4.78 is 0. The third-order valence-electron chi connectivity index (χ3n) is 5.41. The molecule has 0 spiro atoms. The summed E-state index contributed by atoms with van der Waals surface area (Å²) in [5, 5.41) is 5.33. The molecular formula is C20H24N2OS. The number of nitrogens with one attached hydrogen (secondary N) is 1. The normalized spacial score (nSPS) is 20.7. The average Bonchev–Trinajstić information content (AvgIpc) is 3.28. The number of carbonyl (C=O) groups excluding carboxylic acids is 1. The molecule has 4 heteroatoms. The fourth-order valence-electron chi connectivity index (χ4n) is 3.80. The van der Waals surface area contributed by atoms with E-state index in [0.717, 1.165) is 30.1 Å². The summed E-state index contributed by atoms with van der Waals surface area (Å²) in [5.41, 5.74) is 4.79. The Kier molecular flexibility index (Phi) is 4.19. The lowest BCUT2D eigenvalue weighted by Crippen LogP contribution is -2.41. The molecule has 0 saturated heterocycles. The van der Waals surface area contributed by atoms with Gasteiger partial charge in [0, 0.05) is 23.2 Å². The van der Waals surface area contributed by atoms with Crippen LogP contribution in [0.5, 0.6) is 0 Å². The van der Waals surface area contributed by atoms with Gasteiger partial charge in [0.25, 0.3) is 0 Å². The van der Waals surface area contributed by atoms with Crippen molar-refractivity contribution in [2.24, 2.45) is 5.92 Å². The van der Waals surface area contributed by atoms with Crippen LogP contribution in [0.4, 0.5) is 5.69 Å². The molecule has 1 aliphatic carbocycles. The lowest BCUT2D eigenvalue weighted by molar-refractivity contribution is -0.118. The third kappa shape index (κ3) is 3.01. The van der Waals surface area contributed by atoms with E-state index in [4.69, 9.17) is 0 Å². The molecule has 0 bridgehead atoms. The summed E-state index contributed by atoms with van der Waals surface area (Å²) in [7, 11) is 0. The first kappa shape index (κ1) is 15.9. The minimum atomic E-state index is 0.105. The van der Waals surface area contributed by atoms with Gasteiger partial charge in [-0.3, -0.25) is 9.69 Å². The van der Waals surface area contributed by atoms with Crippen molar-refractivity contribution in [1.29, 1.82) is 0 Å². The summed E-state index contributed by atoms with van der Waals surface area (Å²) in [6, 6.07) is 8.80. The largest absolute Gasteiger partial charge is 0.325 e. The second-order valence-electron chi connectivity index (χ2n) is 7.10. The number of aryl methyl sites for hydroxylation is 1. The van der Waals surface area contributed by atoms with E-state index < -0.39 is 0 Å². The Labute approximate surface area is 147 Å². The first-order chi connectivity index (χ1) is 11.6. The first-order valence-electron chi connectivity index (χ1n) is 8.80. The van der Waals surface area contributed by atoms with Gasteiger partial charge < -0.3 is 5.32 Å². The maximum atomic E-state index is 12.6. The van der Waals surface area contributed by atoms with Gasteiger partial charge in [0.15, 0.2) is 0 Å². The fraction of sp³-hybridized carbons (Fsp3) is 0.450. The van der Waals surface area contributed by atoms with Gasteiger partial charge in [-0.05, 0) is 73.2 Å². The number of amides is 1. The van der Waals surface area contributed by atoms with E-state index in [9.17, 15) is 4.79 Å². The number of fused-ring (bicyclic) bond motifs is 1. The number of hydrogen-bond donors (Lipinski definition) is 1. The maximum Gasteiger partial charge on any atom is 0.238 e. The minimum absolute atomic E-state index is 0.105. The standard InChI is InChI=1S/C20H24N2OS/c1-13-4-3-5-17(14(13)2)21-19(23)12-22-10-8-18-16(9-11-24-18)20(22)15-6-7-15/h3-5,9,11,15,20H,6-8,10,12H2,1-2H3,(H,21,23)/t20-/m0/s1. The van der Waals surface area contributed by atoms with Crippen LogP contribution in [-0.2, 0) is 11.2 Å². The van der Waals surface area contributed by atoms with Crippen molar-refractivity contribution in [1.82, 2.24) is 4.90 Å². The summed E-state index contributed by atoms with van der Waals surface area (Å²) in [5.74, 6) is 0.847. The van der Waals surface area contributed by atoms with Gasteiger partial charge in [0.1, 0.15) is 0 Å². The van der Waals surface area contributed by atoms with Crippen molar-refractivity contribution in [3.8, 4) is 0 Å². The monoisotopic (exact) mass is 340 g/mol. The third-order valence-corrected chi connectivity index (χ3v) is 6.41. The quantitative estimate of drug-likeness (QED) is 0.899. The number of nitrogens with zero attached hydrogens (tertiary/aromatic N) is 1. The Morgan fingerprint density at radius 2 is 2.12 bits per heavy atom. The van der Waals surface area contributed by atoms with Gasteiger partial charge in [0.2, 0.25) is 5.91 Å². The Morgan fingerprint density at radius 3 is 2.92 bits per heavy atom.